The van der Waals surface area contributed by atoms with E-state index in [-0.39, 0.29) is 24.9 Å². The molecule has 2 aromatic rings. The predicted molar refractivity (Wildman–Crippen MR) is 137 cm³/mol. The molecule has 1 spiro atoms. The molecule has 6 nitrogen and oxygen atoms in total. The number of nitrogens with zero attached hydrogens (tertiary/aromatic N) is 2. The Bertz CT molecular complexity index is 1270. The van der Waals surface area contributed by atoms with Gasteiger partial charge in [-0.05, 0) is 49.4 Å². The molecule has 2 aliphatic rings. The van der Waals surface area contributed by atoms with Gasteiger partial charge in [0.2, 0.25) is 11.8 Å². The zero-order valence-electron chi connectivity index (χ0n) is 22.4. The van der Waals surface area contributed by atoms with Gasteiger partial charge in [0, 0.05) is 32.6 Å². The number of piperidine rings is 1. The third-order valence-electron chi connectivity index (χ3n) is 8.07. The molecule has 1 unspecified atom stereocenters. The summed E-state index contributed by atoms with van der Waals surface area (Å²) in [6, 6.07) is 8.63. The number of likely N-dealkylation sites (tertiary alicyclic amines) is 2. The van der Waals surface area contributed by atoms with Gasteiger partial charge in [-0.15, -0.1) is 0 Å². The first kappa shape index (κ1) is 28.6. The Morgan fingerprint density at radius 1 is 1.08 bits per heavy atom. The third kappa shape index (κ3) is 5.51. The summed E-state index contributed by atoms with van der Waals surface area (Å²) in [6.45, 7) is 6.56. The Morgan fingerprint density at radius 2 is 1.74 bits per heavy atom. The first-order valence-corrected chi connectivity index (χ1v) is 13.0. The maximum atomic E-state index is 14.3. The second-order valence-corrected chi connectivity index (χ2v) is 11.0. The van der Waals surface area contributed by atoms with E-state index in [1.54, 1.807) is 30.7 Å². The highest BCUT2D eigenvalue weighted by atomic mass is 19.4. The van der Waals surface area contributed by atoms with E-state index in [2.05, 4.69) is 11.4 Å². The minimum atomic E-state index is -4.75. The van der Waals surface area contributed by atoms with Gasteiger partial charge in [0.05, 0.1) is 16.5 Å². The van der Waals surface area contributed by atoms with E-state index >= 15 is 0 Å². The van der Waals surface area contributed by atoms with Crippen LogP contribution >= 0.6 is 0 Å². The summed E-state index contributed by atoms with van der Waals surface area (Å²) in [5.74, 6) is -2.99. The number of rotatable bonds is 5. The van der Waals surface area contributed by atoms with E-state index in [4.69, 9.17) is 0 Å². The van der Waals surface area contributed by atoms with E-state index in [0.717, 1.165) is 11.1 Å². The zero-order valence-corrected chi connectivity index (χ0v) is 22.4. The van der Waals surface area contributed by atoms with E-state index in [1.807, 2.05) is 25.1 Å². The average Bonchev–Trinajstić information content (AvgIpc) is 3.11. The highest BCUT2D eigenvalue weighted by molar-refractivity contribution is 5.98. The van der Waals surface area contributed by atoms with E-state index in [9.17, 15) is 31.9 Å². The average molecular weight is 548 g/mol. The molecule has 0 radical (unpaired) electrons. The normalized spacial score (nSPS) is 20.0. The van der Waals surface area contributed by atoms with Crippen molar-refractivity contribution < 1.29 is 31.9 Å². The van der Waals surface area contributed by atoms with Gasteiger partial charge in [-0.3, -0.25) is 14.4 Å². The van der Waals surface area contributed by atoms with Crippen LogP contribution in [0.5, 0.6) is 0 Å². The van der Waals surface area contributed by atoms with Gasteiger partial charge in [-0.2, -0.15) is 13.2 Å². The number of amides is 3. The standard InChI is InChI=1S/C29H33F4N3O3/c1-17(2)24(34-25(37)21-15-20(29(31,32)33)8-9-23(21)30)26(38)36-12-10-28(11-13-36)22(16-35(4)27(28)39)19-7-5-6-18(3)14-19/h5-9,14-15,17,22,24H,10-13,16H2,1-4H3,(H,34,37)/t22?,24-/m1/s1. The second-order valence-electron chi connectivity index (χ2n) is 11.0. The summed E-state index contributed by atoms with van der Waals surface area (Å²) >= 11 is 0. The number of alkyl halides is 3. The van der Waals surface area contributed by atoms with Gasteiger partial charge in [-0.1, -0.05) is 43.7 Å². The van der Waals surface area contributed by atoms with Crippen molar-refractivity contribution in [2.24, 2.45) is 11.3 Å². The molecule has 2 saturated heterocycles. The lowest BCUT2D eigenvalue weighted by Gasteiger charge is -2.42. The molecule has 0 aromatic heterocycles. The summed E-state index contributed by atoms with van der Waals surface area (Å²) in [7, 11) is 1.79. The van der Waals surface area contributed by atoms with Gasteiger partial charge in [0.15, 0.2) is 0 Å². The van der Waals surface area contributed by atoms with E-state index in [0.29, 0.717) is 37.6 Å². The van der Waals surface area contributed by atoms with Crippen LogP contribution in [0.15, 0.2) is 42.5 Å². The fourth-order valence-electron chi connectivity index (χ4n) is 5.87. The molecule has 3 amide bonds. The molecule has 2 atom stereocenters. The Morgan fingerprint density at radius 3 is 2.33 bits per heavy atom. The summed E-state index contributed by atoms with van der Waals surface area (Å²) in [5.41, 5.74) is -0.386. The van der Waals surface area contributed by atoms with Crippen molar-refractivity contribution in [1.82, 2.24) is 15.1 Å². The topological polar surface area (TPSA) is 69.7 Å². The lowest BCUT2D eigenvalue weighted by Crippen LogP contribution is -2.55. The van der Waals surface area contributed by atoms with Gasteiger partial charge >= 0.3 is 6.18 Å². The molecule has 2 fully saturated rings. The largest absolute Gasteiger partial charge is 0.416 e. The Balaban J connectivity index is 1.51. The zero-order chi connectivity index (χ0) is 28.7. The Labute approximate surface area is 225 Å². The quantitative estimate of drug-likeness (QED) is 0.549. The van der Waals surface area contributed by atoms with Crippen LogP contribution in [-0.4, -0.2) is 60.2 Å². The van der Waals surface area contributed by atoms with Crippen molar-refractivity contribution in [3.8, 4) is 0 Å². The molecular weight excluding hydrogens is 514 g/mol. The second kappa shape index (κ2) is 10.6. The van der Waals surface area contributed by atoms with Crippen LogP contribution in [0.25, 0.3) is 0 Å². The van der Waals surface area contributed by atoms with Gasteiger partial charge < -0.3 is 15.1 Å². The Hall–Kier alpha value is -3.43. The minimum absolute atomic E-state index is 0.0170. The monoisotopic (exact) mass is 547 g/mol. The first-order chi connectivity index (χ1) is 18.2. The maximum absolute atomic E-state index is 14.3. The lowest BCUT2D eigenvalue weighted by molar-refractivity contribution is -0.143. The van der Waals surface area contributed by atoms with Crippen LogP contribution in [-0.2, 0) is 15.8 Å². The third-order valence-corrected chi connectivity index (χ3v) is 8.07. The summed E-state index contributed by atoms with van der Waals surface area (Å²) in [6.07, 6.45) is -3.86. The van der Waals surface area contributed by atoms with Crippen LogP contribution < -0.4 is 5.32 Å². The maximum Gasteiger partial charge on any atom is 0.416 e. The molecule has 2 aliphatic heterocycles. The molecule has 2 heterocycles. The number of carbonyl (C=O) groups is 3. The molecular formula is C29H33F4N3O3. The fourth-order valence-corrected chi connectivity index (χ4v) is 5.87. The van der Waals surface area contributed by atoms with Crippen molar-refractivity contribution in [2.45, 2.75) is 51.7 Å². The van der Waals surface area contributed by atoms with Crippen LogP contribution in [0.4, 0.5) is 17.6 Å². The number of halogens is 4. The lowest BCUT2D eigenvalue weighted by atomic mass is 9.67. The van der Waals surface area contributed by atoms with Crippen LogP contribution in [0.1, 0.15) is 59.7 Å². The number of carbonyl (C=O) groups excluding carboxylic acids is 3. The molecule has 1 N–H and O–H groups in total. The van der Waals surface area contributed by atoms with Gasteiger partial charge in [0.25, 0.3) is 5.91 Å². The number of likely N-dealkylation sites (N-methyl/N-ethyl adjacent to an activating group) is 1. The summed E-state index contributed by atoms with van der Waals surface area (Å²) < 4.78 is 53.6. The number of aryl methyl sites for hydroxylation is 1. The predicted octanol–water partition coefficient (Wildman–Crippen LogP) is 4.77. The highest BCUT2D eigenvalue weighted by Crippen LogP contribution is 2.50. The van der Waals surface area contributed by atoms with Crippen molar-refractivity contribution in [3.05, 3.63) is 70.5 Å². The van der Waals surface area contributed by atoms with Crippen LogP contribution in [0.2, 0.25) is 0 Å². The molecule has 0 aliphatic carbocycles. The number of hydrogen-bond acceptors (Lipinski definition) is 3. The van der Waals surface area contributed by atoms with Gasteiger partial charge in [0.1, 0.15) is 11.9 Å². The SMILES string of the molecule is Cc1cccc(C2CN(C)C(=O)C23CCN(C(=O)[C@H](NC(=O)c2cc(C(F)(F)F)ccc2F)C(C)C)CC3)c1. The van der Waals surface area contributed by atoms with Crippen molar-refractivity contribution in [3.63, 3.8) is 0 Å². The van der Waals surface area contributed by atoms with E-state index < -0.39 is 52.3 Å². The van der Waals surface area contributed by atoms with Crippen LogP contribution in [0.3, 0.4) is 0 Å². The fraction of sp³-hybridized carbons (Fsp3) is 0.483. The molecule has 0 saturated carbocycles. The number of hydrogen-bond donors (Lipinski definition) is 1. The molecule has 4 rings (SSSR count). The molecule has 210 valence electrons. The first-order valence-electron chi connectivity index (χ1n) is 13.0. The summed E-state index contributed by atoms with van der Waals surface area (Å²) in [5, 5.41) is 2.45. The molecule has 10 heteroatoms. The summed E-state index contributed by atoms with van der Waals surface area (Å²) in [4.78, 5) is 43.0. The number of nitrogens with one attached hydrogen (secondary N) is 1. The highest BCUT2D eigenvalue weighted by Gasteiger charge is 2.55. The van der Waals surface area contributed by atoms with Crippen molar-refractivity contribution >= 4 is 17.7 Å². The molecule has 2 aromatic carbocycles. The molecule has 39 heavy (non-hydrogen) atoms. The molecule has 0 bridgehead atoms. The van der Waals surface area contributed by atoms with Crippen molar-refractivity contribution in [1.29, 1.82) is 0 Å². The van der Waals surface area contributed by atoms with Crippen LogP contribution in [0, 0.1) is 24.1 Å². The van der Waals surface area contributed by atoms with E-state index in [1.165, 1.54) is 0 Å². The van der Waals surface area contributed by atoms with Gasteiger partial charge in [-0.25, -0.2) is 4.39 Å². The number of benzene rings is 2. The van der Waals surface area contributed by atoms with Crippen molar-refractivity contribution in [2.75, 3.05) is 26.7 Å². The minimum Gasteiger partial charge on any atom is -0.345 e. The smallest absolute Gasteiger partial charge is 0.345 e. The Kier molecular flexibility index (Phi) is 7.78.